The Morgan fingerprint density at radius 1 is 1.07 bits per heavy atom. The summed E-state index contributed by atoms with van der Waals surface area (Å²) >= 11 is 0. The molecule has 3 heterocycles. The molecule has 6 nitrogen and oxygen atoms in total. The van der Waals surface area contributed by atoms with E-state index < -0.39 is 0 Å². The van der Waals surface area contributed by atoms with Crippen LogP contribution in [0.2, 0.25) is 0 Å². The van der Waals surface area contributed by atoms with Crippen molar-refractivity contribution in [2.24, 2.45) is 0 Å². The number of carbonyl (C=O) groups excluding carboxylic acids is 1. The molecule has 0 fully saturated rings. The van der Waals surface area contributed by atoms with E-state index >= 15 is 0 Å². The molecule has 0 unspecified atom stereocenters. The van der Waals surface area contributed by atoms with Gasteiger partial charge in [-0.3, -0.25) is 14.2 Å². The molecule has 1 N–H and O–H groups in total. The molecule has 4 rings (SSSR count). The number of rotatable bonds is 4. The summed E-state index contributed by atoms with van der Waals surface area (Å²) in [4.78, 5) is 29.6. The predicted molar refractivity (Wildman–Crippen MR) is 106 cm³/mol. The molecule has 0 bridgehead atoms. The molecule has 0 aliphatic rings. The number of nitrogens with zero attached hydrogens (tertiary/aromatic N) is 3. The van der Waals surface area contributed by atoms with Crippen LogP contribution in [-0.2, 0) is 11.3 Å². The Bertz CT molecular complexity index is 1200. The number of aryl methyl sites for hydroxylation is 3. The molecule has 136 valence electrons. The van der Waals surface area contributed by atoms with Crippen molar-refractivity contribution in [2.75, 3.05) is 5.32 Å². The van der Waals surface area contributed by atoms with Crippen molar-refractivity contribution in [1.82, 2.24) is 14.0 Å². The fraction of sp³-hybridized carbons (Fsp3) is 0.190. The van der Waals surface area contributed by atoms with Crippen LogP contribution < -0.4 is 10.9 Å². The summed E-state index contributed by atoms with van der Waals surface area (Å²) in [7, 11) is 0. The zero-order valence-corrected chi connectivity index (χ0v) is 15.3. The molecule has 0 atom stereocenters. The molecular weight excluding hydrogens is 340 g/mol. The Hall–Kier alpha value is -3.41. The molecule has 0 aliphatic heterocycles. The third kappa shape index (κ3) is 3.21. The van der Waals surface area contributed by atoms with Crippen molar-refractivity contribution in [1.29, 1.82) is 0 Å². The summed E-state index contributed by atoms with van der Waals surface area (Å²) in [6, 6.07) is 13.3. The van der Waals surface area contributed by atoms with E-state index in [9.17, 15) is 9.59 Å². The molecule has 4 aromatic rings. The Labute approximate surface area is 156 Å². The van der Waals surface area contributed by atoms with Gasteiger partial charge in [0.05, 0.1) is 5.52 Å². The lowest BCUT2D eigenvalue weighted by molar-refractivity contribution is -0.116. The van der Waals surface area contributed by atoms with Crippen LogP contribution >= 0.6 is 0 Å². The van der Waals surface area contributed by atoms with Gasteiger partial charge in [-0.1, -0.05) is 6.07 Å². The van der Waals surface area contributed by atoms with Gasteiger partial charge in [0, 0.05) is 31.0 Å². The molecule has 1 amide bonds. The molecule has 0 saturated carbocycles. The minimum Gasteiger partial charge on any atom is -0.326 e. The number of fused-ring (bicyclic) bond motifs is 3. The molecular formula is C21H20N4O2. The summed E-state index contributed by atoms with van der Waals surface area (Å²) in [5, 5.41) is 2.91. The van der Waals surface area contributed by atoms with Crippen molar-refractivity contribution in [3.63, 3.8) is 0 Å². The number of carbonyl (C=O) groups is 1. The minimum atomic E-state index is -0.148. The summed E-state index contributed by atoms with van der Waals surface area (Å²) in [5.41, 5.74) is 4.80. The SMILES string of the molecule is Cc1cc(C)cc(NC(=O)CCn2c(=O)c3cccn3c3cccnc32)c1. The van der Waals surface area contributed by atoms with Crippen LogP contribution in [0.4, 0.5) is 5.69 Å². The highest BCUT2D eigenvalue weighted by Gasteiger charge is 2.12. The van der Waals surface area contributed by atoms with Gasteiger partial charge in [-0.15, -0.1) is 0 Å². The largest absolute Gasteiger partial charge is 0.326 e. The van der Waals surface area contributed by atoms with Crippen molar-refractivity contribution in [3.05, 3.63) is 76.3 Å². The summed E-state index contributed by atoms with van der Waals surface area (Å²) in [5.74, 6) is -0.133. The lowest BCUT2D eigenvalue weighted by Gasteiger charge is -2.12. The van der Waals surface area contributed by atoms with Crippen LogP contribution in [0.25, 0.3) is 16.7 Å². The van der Waals surface area contributed by atoms with Gasteiger partial charge in [-0.2, -0.15) is 0 Å². The number of anilines is 1. The van der Waals surface area contributed by atoms with Crippen LogP contribution in [0.1, 0.15) is 17.5 Å². The first kappa shape index (κ1) is 17.0. The molecule has 0 aliphatic carbocycles. The summed E-state index contributed by atoms with van der Waals surface area (Å²) < 4.78 is 3.41. The fourth-order valence-electron chi connectivity index (χ4n) is 3.48. The van der Waals surface area contributed by atoms with Gasteiger partial charge in [-0.25, -0.2) is 4.98 Å². The average Bonchev–Trinajstić information content (AvgIpc) is 3.11. The Morgan fingerprint density at radius 3 is 2.59 bits per heavy atom. The highest BCUT2D eigenvalue weighted by Crippen LogP contribution is 2.15. The first-order valence-electron chi connectivity index (χ1n) is 8.86. The smallest absolute Gasteiger partial charge is 0.276 e. The fourth-order valence-corrected chi connectivity index (χ4v) is 3.48. The molecule has 0 radical (unpaired) electrons. The van der Waals surface area contributed by atoms with E-state index in [2.05, 4.69) is 16.4 Å². The van der Waals surface area contributed by atoms with E-state index in [-0.39, 0.29) is 24.4 Å². The van der Waals surface area contributed by atoms with Gasteiger partial charge in [0.2, 0.25) is 5.91 Å². The molecule has 0 spiro atoms. The van der Waals surface area contributed by atoms with Gasteiger partial charge in [0.15, 0.2) is 5.65 Å². The standard InChI is InChI=1S/C21H20N4O2/c1-14-11-15(2)13-16(12-14)23-19(26)7-10-25-20-17(5-3-8-22-20)24-9-4-6-18(24)21(25)27/h3-6,8-9,11-13H,7,10H2,1-2H3,(H,23,26). The third-order valence-corrected chi connectivity index (χ3v) is 4.56. The van der Waals surface area contributed by atoms with E-state index in [1.165, 1.54) is 0 Å². The van der Waals surface area contributed by atoms with Gasteiger partial charge in [-0.05, 0) is 61.4 Å². The zero-order valence-electron chi connectivity index (χ0n) is 15.3. The topological polar surface area (TPSA) is 68.4 Å². The second-order valence-corrected chi connectivity index (χ2v) is 6.74. The molecule has 3 aromatic heterocycles. The van der Waals surface area contributed by atoms with Crippen LogP contribution in [0, 0.1) is 13.8 Å². The summed E-state index contributed by atoms with van der Waals surface area (Å²) in [6.07, 6.45) is 3.69. The van der Waals surface area contributed by atoms with E-state index in [1.54, 1.807) is 16.8 Å². The number of nitrogens with one attached hydrogen (secondary N) is 1. The number of aromatic nitrogens is 3. The van der Waals surface area contributed by atoms with E-state index in [0.717, 1.165) is 22.3 Å². The van der Waals surface area contributed by atoms with Crippen molar-refractivity contribution in [3.8, 4) is 0 Å². The third-order valence-electron chi connectivity index (χ3n) is 4.56. The maximum absolute atomic E-state index is 12.8. The van der Waals surface area contributed by atoms with Crippen LogP contribution in [-0.4, -0.2) is 19.9 Å². The monoisotopic (exact) mass is 360 g/mol. The Kier molecular flexibility index (Phi) is 4.24. The number of hydrogen-bond donors (Lipinski definition) is 1. The zero-order chi connectivity index (χ0) is 19.0. The second-order valence-electron chi connectivity index (χ2n) is 6.74. The normalized spacial score (nSPS) is 11.2. The van der Waals surface area contributed by atoms with Crippen molar-refractivity contribution < 1.29 is 4.79 Å². The predicted octanol–water partition coefficient (Wildman–Crippen LogP) is 3.29. The maximum atomic E-state index is 12.8. The first-order valence-corrected chi connectivity index (χ1v) is 8.86. The first-order chi connectivity index (χ1) is 13.0. The van der Waals surface area contributed by atoms with E-state index in [4.69, 9.17) is 0 Å². The number of benzene rings is 1. The molecule has 6 heteroatoms. The van der Waals surface area contributed by atoms with Crippen LogP contribution in [0.15, 0.2) is 59.7 Å². The number of pyridine rings is 1. The maximum Gasteiger partial charge on any atom is 0.276 e. The quantitative estimate of drug-likeness (QED) is 0.607. The second kappa shape index (κ2) is 6.72. The minimum absolute atomic E-state index is 0.133. The number of hydrogen-bond acceptors (Lipinski definition) is 3. The van der Waals surface area contributed by atoms with Crippen molar-refractivity contribution in [2.45, 2.75) is 26.8 Å². The Morgan fingerprint density at radius 2 is 1.81 bits per heavy atom. The molecule has 0 saturated heterocycles. The summed E-state index contributed by atoms with van der Waals surface area (Å²) in [6.45, 7) is 4.25. The molecule has 1 aromatic carbocycles. The number of amides is 1. The van der Waals surface area contributed by atoms with Gasteiger partial charge >= 0.3 is 0 Å². The van der Waals surface area contributed by atoms with Gasteiger partial charge in [0.25, 0.3) is 5.56 Å². The lowest BCUT2D eigenvalue weighted by atomic mass is 10.1. The highest BCUT2D eigenvalue weighted by molar-refractivity contribution is 5.91. The van der Waals surface area contributed by atoms with Crippen molar-refractivity contribution >= 4 is 28.3 Å². The average molecular weight is 360 g/mol. The Balaban J connectivity index is 1.62. The molecule has 27 heavy (non-hydrogen) atoms. The van der Waals surface area contributed by atoms with Gasteiger partial charge < -0.3 is 9.72 Å². The lowest BCUT2D eigenvalue weighted by Crippen LogP contribution is -2.25. The van der Waals surface area contributed by atoms with E-state index in [0.29, 0.717) is 11.2 Å². The van der Waals surface area contributed by atoms with Crippen LogP contribution in [0.5, 0.6) is 0 Å². The van der Waals surface area contributed by atoms with Gasteiger partial charge in [0.1, 0.15) is 5.52 Å². The van der Waals surface area contributed by atoms with E-state index in [1.807, 2.05) is 54.8 Å². The highest BCUT2D eigenvalue weighted by atomic mass is 16.2. The van der Waals surface area contributed by atoms with Crippen LogP contribution in [0.3, 0.4) is 0 Å².